The van der Waals surface area contributed by atoms with Gasteiger partial charge in [-0.25, -0.2) is 19.7 Å². The molecule has 2 saturated heterocycles. The highest BCUT2D eigenvalue weighted by Crippen LogP contribution is 2.41. The molecular formula is C19H25N5O4. The van der Waals surface area contributed by atoms with Crippen molar-refractivity contribution in [1.82, 2.24) is 24.4 Å². The van der Waals surface area contributed by atoms with Gasteiger partial charge in [-0.3, -0.25) is 9.47 Å². The first kappa shape index (κ1) is 18.8. The van der Waals surface area contributed by atoms with Crippen molar-refractivity contribution in [3.8, 4) is 5.95 Å². The molecule has 0 aliphatic carbocycles. The summed E-state index contributed by atoms with van der Waals surface area (Å²) in [6, 6.07) is -0.527. The molecule has 9 nitrogen and oxygen atoms in total. The van der Waals surface area contributed by atoms with Gasteiger partial charge in [-0.15, -0.1) is 0 Å². The minimum Gasteiger partial charge on any atom is -0.444 e. The molecule has 1 amide bonds. The summed E-state index contributed by atoms with van der Waals surface area (Å²) in [6.07, 6.45) is 8.63. The molecule has 2 bridgehead atoms. The number of carbonyl (C=O) groups excluding carboxylic acids is 1. The summed E-state index contributed by atoms with van der Waals surface area (Å²) in [6.45, 7) is 6.27. The van der Waals surface area contributed by atoms with Crippen LogP contribution in [-0.2, 0) is 15.1 Å². The topological polar surface area (TPSA) is 103 Å². The van der Waals surface area contributed by atoms with E-state index in [-0.39, 0.29) is 18.2 Å². The molecule has 0 spiro atoms. The quantitative estimate of drug-likeness (QED) is 0.836. The molecule has 28 heavy (non-hydrogen) atoms. The Morgan fingerprint density at radius 1 is 1.25 bits per heavy atom. The maximum absolute atomic E-state index is 12.7. The predicted octanol–water partition coefficient (Wildman–Crippen LogP) is 1.65. The number of ether oxygens (including phenoxy) is 2. The molecule has 0 aromatic carbocycles. The molecule has 2 aromatic rings. The van der Waals surface area contributed by atoms with Crippen LogP contribution in [0, 0.1) is 0 Å². The van der Waals surface area contributed by atoms with Gasteiger partial charge in [0, 0.05) is 43.2 Å². The number of rotatable bonds is 2. The van der Waals surface area contributed by atoms with Crippen LogP contribution in [0.25, 0.3) is 5.95 Å². The van der Waals surface area contributed by atoms with Gasteiger partial charge in [0.2, 0.25) is 5.95 Å². The lowest BCUT2D eigenvalue weighted by molar-refractivity contribution is -0.141. The lowest BCUT2D eigenvalue weighted by atomic mass is 9.78. The maximum atomic E-state index is 12.7. The number of aliphatic hydroxyl groups is 1. The van der Waals surface area contributed by atoms with Crippen LogP contribution in [0.5, 0.6) is 0 Å². The molecule has 0 radical (unpaired) electrons. The number of imidazole rings is 1. The third-order valence-corrected chi connectivity index (χ3v) is 5.07. The number of morpholine rings is 1. The van der Waals surface area contributed by atoms with E-state index in [4.69, 9.17) is 9.47 Å². The van der Waals surface area contributed by atoms with Gasteiger partial charge in [0.1, 0.15) is 11.9 Å². The summed E-state index contributed by atoms with van der Waals surface area (Å²) < 4.78 is 12.9. The number of hydrogen-bond donors (Lipinski definition) is 1. The van der Waals surface area contributed by atoms with Gasteiger partial charge in [0.25, 0.3) is 0 Å². The van der Waals surface area contributed by atoms with E-state index in [0.717, 1.165) is 0 Å². The Balaban J connectivity index is 1.55. The number of carbonyl (C=O) groups is 1. The Bertz CT molecular complexity index is 817. The van der Waals surface area contributed by atoms with E-state index in [0.29, 0.717) is 37.6 Å². The van der Waals surface area contributed by atoms with Crippen molar-refractivity contribution in [3.05, 3.63) is 36.7 Å². The normalized spacial score (nSPS) is 27.5. The van der Waals surface area contributed by atoms with E-state index in [9.17, 15) is 9.90 Å². The van der Waals surface area contributed by atoms with Crippen molar-refractivity contribution in [2.24, 2.45) is 0 Å². The Kier molecular flexibility index (Phi) is 4.59. The molecule has 150 valence electrons. The van der Waals surface area contributed by atoms with Crippen LogP contribution in [0.2, 0.25) is 0 Å². The Morgan fingerprint density at radius 2 is 1.89 bits per heavy atom. The molecule has 2 aromatic heterocycles. The number of nitrogens with zero attached hydrogens (tertiary/aromatic N) is 5. The third-order valence-electron chi connectivity index (χ3n) is 5.07. The van der Waals surface area contributed by atoms with E-state index >= 15 is 0 Å². The second-order valence-electron chi connectivity index (χ2n) is 8.41. The van der Waals surface area contributed by atoms with Crippen molar-refractivity contribution < 1.29 is 19.4 Å². The van der Waals surface area contributed by atoms with Gasteiger partial charge in [-0.2, -0.15) is 0 Å². The summed E-state index contributed by atoms with van der Waals surface area (Å²) in [5.41, 5.74) is -1.06. The van der Waals surface area contributed by atoms with E-state index < -0.39 is 11.2 Å². The fraction of sp³-hybridized carbons (Fsp3) is 0.579. The van der Waals surface area contributed by atoms with Crippen LogP contribution in [0.3, 0.4) is 0 Å². The zero-order valence-electron chi connectivity index (χ0n) is 16.3. The molecular weight excluding hydrogens is 362 g/mol. The standard InChI is InChI=1S/C19H25N5O4/c1-18(2,3)28-17(25)24-14-6-19(26,7-15(24)11-27-10-14)13-8-21-16(22-9-13)23-5-4-20-12-23/h4-5,8-9,12,14-15,26H,6-7,10-11H2,1-3H3. The van der Waals surface area contributed by atoms with Gasteiger partial charge in [-0.1, -0.05) is 0 Å². The second-order valence-corrected chi connectivity index (χ2v) is 8.41. The van der Waals surface area contributed by atoms with Crippen LogP contribution < -0.4 is 0 Å². The summed E-state index contributed by atoms with van der Waals surface area (Å²) in [7, 11) is 0. The van der Waals surface area contributed by atoms with Gasteiger partial charge < -0.3 is 14.6 Å². The SMILES string of the molecule is CC(C)(C)OC(=O)N1C2COCC1CC(O)(c1cnc(-n3ccnc3)nc1)C2. The van der Waals surface area contributed by atoms with Crippen LogP contribution in [0.15, 0.2) is 31.1 Å². The number of aromatic nitrogens is 4. The van der Waals surface area contributed by atoms with E-state index in [1.165, 1.54) is 0 Å². The summed E-state index contributed by atoms with van der Waals surface area (Å²) in [4.78, 5) is 27.1. The highest BCUT2D eigenvalue weighted by Gasteiger charge is 2.50. The molecule has 4 rings (SSSR count). The summed E-state index contributed by atoms with van der Waals surface area (Å²) >= 11 is 0. The van der Waals surface area contributed by atoms with Crippen LogP contribution in [0.1, 0.15) is 39.2 Å². The lowest BCUT2D eigenvalue weighted by Crippen LogP contribution is -2.63. The van der Waals surface area contributed by atoms with Crippen LogP contribution in [0.4, 0.5) is 4.79 Å². The fourth-order valence-corrected chi connectivity index (χ4v) is 3.90. The zero-order chi connectivity index (χ0) is 19.9. The van der Waals surface area contributed by atoms with E-state index in [1.807, 2.05) is 20.8 Å². The first-order valence-corrected chi connectivity index (χ1v) is 9.37. The van der Waals surface area contributed by atoms with Crippen molar-refractivity contribution in [3.63, 3.8) is 0 Å². The number of piperidine rings is 1. The van der Waals surface area contributed by atoms with Gasteiger partial charge >= 0.3 is 6.09 Å². The Labute approximate surface area is 163 Å². The number of fused-ring (bicyclic) bond motifs is 2. The van der Waals surface area contributed by atoms with Crippen molar-refractivity contribution in [2.45, 2.75) is 56.9 Å². The minimum absolute atomic E-state index is 0.263. The molecule has 2 unspecified atom stereocenters. The molecule has 2 aliphatic heterocycles. The first-order chi connectivity index (χ1) is 13.3. The minimum atomic E-state index is -1.12. The highest BCUT2D eigenvalue weighted by atomic mass is 16.6. The second kappa shape index (κ2) is 6.82. The molecule has 2 atom stereocenters. The molecule has 4 heterocycles. The zero-order valence-corrected chi connectivity index (χ0v) is 16.3. The average molecular weight is 387 g/mol. The summed E-state index contributed by atoms with van der Waals surface area (Å²) in [5.74, 6) is 0.486. The van der Waals surface area contributed by atoms with Crippen molar-refractivity contribution in [1.29, 1.82) is 0 Å². The Morgan fingerprint density at radius 3 is 2.43 bits per heavy atom. The van der Waals surface area contributed by atoms with Crippen LogP contribution >= 0.6 is 0 Å². The maximum Gasteiger partial charge on any atom is 0.410 e. The van der Waals surface area contributed by atoms with Gasteiger partial charge in [0.15, 0.2) is 0 Å². The average Bonchev–Trinajstić information content (AvgIpc) is 3.14. The van der Waals surface area contributed by atoms with Gasteiger partial charge in [-0.05, 0) is 20.8 Å². The number of hydrogen-bond acceptors (Lipinski definition) is 7. The number of amides is 1. The van der Waals surface area contributed by atoms with Crippen molar-refractivity contribution >= 4 is 6.09 Å². The van der Waals surface area contributed by atoms with Crippen molar-refractivity contribution in [2.75, 3.05) is 13.2 Å². The smallest absolute Gasteiger partial charge is 0.410 e. The van der Waals surface area contributed by atoms with Gasteiger partial charge in [0.05, 0.1) is 30.9 Å². The monoisotopic (exact) mass is 387 g/mol. The molecule has 2 fully saturated rings. The molecule has 1 N–H and O–H groups in total. The molecule has 0 saturated carbocycles. The Hall–Kier alpha value is -2.52. The third kappa shape index (κ3) is 3.59. The van der Waals surface area contributed by atoms with E-state index in [2.05, 4.69) is 15.0 Å². The first-order valence-electron chi connectivity index (χ1n) is 9.37. The summed E-state index contributed by atoms with van der Waals surface area (Å²) in [5, 5.41) is 11.4. The highest BCUT2D eigenvalue weighted by molar-refractivity contribution is 5.69. The van der Waals surface area contributed by atoms with Crippen LogP contribution in [-0.4, -0.2) is 66.5 Å². The fourth-order valence-electron chi connectivity index (χ4n) is 3.90. The molecule has 2 aliphatic rings. The predicted molar refractivity (Wildman–Crippen MR) is 98.8 cm³/mol. The molecule has 9 heteroatoms. The largest absolute Gasteiger partial charge is 0.444 e. The van der Waals surface area contributed by atoms with E-state index in [1.54, 1.807) is 40.6 Å². The lowest BCUT2D eigenvalue weighted by Gasteiger charge is -2.51.